The Kier molecular flexibility index (Phi) is 4.55. The second-order valence-electron chi connectivity index (χ2n) is 8.18. The van der Waals surface area contributed by atoms with Crippen LogP contribution in [-0.2, 0) is 6.42 Å². The molecule has 2 aromatic heterocycles. The molecule has 5 rings (SSSR count). The highest BCUT2D eigenvalue weighted by molar-refractivity contribution is 5.85. The second kappa shape index (κ2) is 7.28. The number of nitrogens with one attached hydrogen (secondary N) is 3. The molecule has 7 nitrogen and oxygen atoms in total. The Labute approximate surface area is 178 Å². The summed E-state index contributed by atoms with van der Waals surface area (Å²) in [5.74, 6) is -0.304. The highest BCUT2D eigenvalue weighted by Crippen LogP contribution is 2.33. The molecule has 0 aliphatic carbocycles. The number of hydrogen-bond acceptors (Lipinski definition) is 3. The Balaban J connectivity index is 1.79. The second-order valence-corrected chi connectivity index (χ2v) is 8.18. The number of para-hydroxylation sites is 1. The summed E-state index contributed by atoms with van der Waals surface area (Å²) in [4.78, 5) is 32.8. The van der Waals surface area contributed by atoms with E-state index in [1.807, 2.05) is 43.3 Å². The summed E-state index contributed by atoms with van der Waals surface area (Å²) < 4.78 is 1.19. The van der Waals surface area contributed by atoms with Crippen LogP contribution in [0.5, 0.6) is 5.88 Å². The van der Waals surface area contributed by atoms with E-state index in [1.54, 1.807) is 6.07 Å². The summed E-state index contributed by atoms with van der Waals surface area (Å²) in [7, 11) is 0. The molecule has 0 bridgehead atoms. The van der Waals surface area contributed by atoms with Gasteiger partial charge in [-0.15, -0.1) is 0 Å². The van der Waals surface area contributed by atoms with Crippen LogP contribution < -0.4 is 16.1 Å². The summed E-state index contributed by atoms with van der Waals surface area (Å²) >= 11 is 0. The SMILES string of the molecule is CC[NH+]1CCc2c([nH]c3ccccc23)[C@@H]1c1c(O)n(-c2cccc(C)c2)c(=O)[nH]c1=O. The summed E-state index contributed by atoms with van der Waals surface area (Å²) in [5, 5.41) is 12.4. The molecule has 2 aromatic carbocycles. The lowest BCUT2D eigenvalue weighted by Crippen LogP contribution is -3.13. The highest BCUT2D eigenvalue weighted by Gasteiger charge is 2.39. The molecule has 31 heavy (non-hydrogen) atoms. The number of aromatic hydroxyl groups is 1. The third kappa shape index (κ3) is 3.00. The third-order valence-corrected chi connectivity index (χ3v) is 6.36. The molecule has 158 valence electrons. The van der Waals surface area contributed by atoms with Crippen LogP contribution in [0.4, 0.5) is 0 Å². The number of quaternary nitrogens is 1. The van der Waals surface area contributed by atoms with E-state index < -0.39 is 17.3 Å². The molecular weight excluding hydrogens is 392 g/mol. The zero-order valence-corrected chi connectivity index (χ0v) is 17.5. The maximum absolute atomic E-state index is 13.0. The van der Waals surface area contributed by atoms with Crippen molar-refractivity contribution in [1.82, 2.24) is 14.5 Å². The molecular formula is C24H25N4O3+. The molecule has 0 radical (unpaired) electrons. The van der Waals surface area contributed by atoms with Gasteiger partial charge in [0.1, 0.15) is 5.56 Å². The number of aryl methyl sites for hydroxylation is 1. The van der Waals surface area contributed by atoms with Crippen molar-refractivity contribution < 1.29 is 10.0 Å². The van der Waals surface area contributed by atoms with Gasteiger partial charge >= 0.3 is 5.69 Å². The minimum Gasteiger partial charge on any atom is -0.494 e. The summed E-state index contributed by atoms with van der Waals surface area (Å²) in [6.45, 7) is 5.59. The molecule has 4 aromatic rings. The highest BCUT2D eigenvalue weighted by atomic mass is 16.3. The van der Waals surface area contributed by atoms with Crippen LogP contribution in [0.15, 0.2) is 58.1 Å². The van der Waals surface area contributed by atoms with Crippen molar-refractivity contribution >= 4 is 10.9 Å². The van der Waals surface area contributed by atoms with Gasteiger partial charge in [0.2, 0.25) is 5.88 Å². The maximum Gasteiger partial charge on any atom is 0.335 e. The molecule has 2 atom stereocenters. The van der Waals surface area contributed by atoms with Gasteiger partial charge in [0, 0.05) is 17.3 Å². The predicted molar refractivity (Wildman–Crippen MR) is 119 cm³/mol. The van der Waals surface area contributed by atoms with Crippen molar-refractivity contribution in [3.05, 3.63) is 91.8 Å². The first-order valence-electron chi connectivity index (χ1n) is 10.6. The molecule has 3 heterocycles. The Morgan fingerprint density at radius 3 is 2.71 bits per heavy atom. The van der Waals surface area contributed by atoms with Gasteiger partial charge in [-0.3, -0.25) is 9.78 Å². The van der Waals surface area contributed by atoms with Gasteiger partial charge in [-0.1, -0.05) is 30.3 Å². The maximum atomic E-state index is 13.0. The zero-order valence-electron chi connectivity index (χ0n) is 17.5. The van der Waals surface area contributed by atoms with Crippen molar-refractivity contribution in [3.8, 4) is 11.6 Å². The predicted octanol–water partition coefficient (Wildman–Crippen LogP) is 1.57. The lowest BCUT2D eigenvalue weighted by molar-refractivity contribution is -0.926. The summed E-state index contributed by atoms with van der Waals surface area (Å²) in [5.41, 5.74) is 3.60. The average Bonchev–Trinajstić information content (AvgIpc) is 3.12. The van der Waals surface area contributed by atoms with Crippen LogP contribution in [0, 0.1) is 6.92 Å². The van der Waals surface area contributed by atoms with Crippen molar-refractivity contribution in [1.29, 1.82) is 0 Å². The van der Waals surface area contributed by atoms with E-state index >= 15 is 0 Å². The van der Waals surface area contributed by atoms with Crippen molar-refractivity contribution in [2.24, 2.45) is 0 Å². The quantitative estimate of drug-likeness (QED) is 0.408. The molecule has 7 heteroatoms. The lowest BCUT2D eigenvalue weighted by atomic mass is 9.93. The number of H-pyrrole nitrogens is 2. The number of fused-ring (bicyclic) bond motifs is 3. The Bertz CT molecular complexity index is 1410. The minimum absolute atomic E-state index is 0.213. The number of benzene rings is 2. The van der Waals surface area contributed by atoms with Crippen LogP contribution in [-0.4, -0.2) is 32.7 Å². The van der Waals surface area contributed by atoms with Crippen LogP contribution in [0.25, 0.3) is 16.6 Å². The molecule has 0 saturated heterocycles. The molecule has 4 N–H and O–H groups in total. The Morgan fingerprint density at radius 1 is 1.13 bits per heavy atom. The zero-order chi connectivity index (χ0) is 21.7. The fraction of sp³-hybridized carbons (Fsp3) is 0.250. The number of nitrogens with zero attached hydrogens (tertiary/aromatic N) is 1. The van der Waals surface area contributed by atoms with E-state index in [1.165, 1.54) is 10.1 Å². The van der Waals surface area contributed by atoms with Crippen molar-refractivity contribution in [3.63, 3.8) is 0 Å². The van der Waals surface area contributed by atoms with E-state index in [0.717, 1.165) is 46.6 Å². The van der Waals surface area contributed by atoms with Crippen molar-refractivity contribution in [2.75, 3.05) is 13.1 Å². The summed E-state index contributed by atoms with van der Waals surface area (Å²) in [6, 6.07) is 15.0. The minimum atomic E-state index is -0.650. The number of likely N-dealkylation sites (N-methyl/N-ethyl adjacent to an activating group) is 1. The smallest absolute Gasteiger partial charge is 0.335 e. The van der Waals surface area contributed by atoms with Gasteiger partial charge in [-0.05, 0) is 43.2 Å². The topological polar surface area (TPSA) is 95.3 Å². The average molecular weight is 417 g/mol. The Hall–Kier alpha value is -3.58. The molecule has 0 amide bonds. The van der Waals surface area contributed by atoms with Crippen LogP contribution in [0.3, 0.4) is 0 Å². The number of hydrogen-bond donors (Lipinski definition) is 4. The first-order chi connectivity index (χ1) is 15.0. The normalized spacial score (nSPS) is 18.3. The molecule has 0 saturated carbocycles. The molecule has 0 fully saturated rings. The number of aromatic nitrogens is 3. The van der Waals surface area contributed by atoms with Crippen LogP contribution in [0.2, 0.25) is 0 Å². The van der Waals surface area contributed by atoms with Crippen molar-refractivity contribution in [2.45, 2.75) is 26.3 Å². The van der Waals surface area contributed by atoms with E-state index in [0.29, 0.717) is 5.69 Å². The third-order valence-electron chi connectivity index (χ3n) is 6.36. The first kappa shape index (κ1) is 19.4. The number of aromatic amines is 2. The van der Waals surface area contributed by atoms with Crippen LogP contribution >= 0.6 is 0 Å². The van der Waals surface area contributed by atoms with Gasteiger partial charge in [0.25, 0.3) is 5.56 Å². The monoisotopic (exact) mass is 417 g/mol. The lowest BCUT2D eigenvalue weighted by Gasteiger charge is -2.32. The van der Waals surface area contributed by atoms with Gasteiger partial charge in [0.15, 0.2) is 6.04 Å². The standard InChI is InChI=1S/C24H24N4O3/c1-3-27-12-11-17-16-9-4-5-10-18(16)25-20(17)21(27)19-22(29)26-24(31)28(23(19)30)15-8-6-7-14(2)13-15/h4-10,13,21,25,30H,3,11-12H2,1-2H3,(H,26,29,31)/p+1/t21-/m0/s1. The fourth-order valence-corrected chi connectivity index (χ4v) is 4.91. The van der Waals surface area contributed by atoms with Gasteiger partial charge in [-0.2, -0.15) is 0 Å². The van der Waals surface area contributed by atoms with E-state index in [2.05, 4.69) is 23.0 Å². The van der Waals surface area contributed by atoms with E-state index in [4.69, 9.17) is 0 Å². The Morgan fingerprint density at radius 2 is 1.94 bits per heavy atom. The molecule has 1 unspecified atom stereocenters. The number of rotatable bonds is 3. The first-order valence-corrected chi connectivity index (χ1v) is 10.6. The van der Waals surface area contributed by atoms with Gasteiger partial charge in [-0.25, -0.2) is 9.36 Å². The van der Waals surface area contributed by atoms with Crippen LogP contribution in [0.1, 0.15) is 35.3 Å². The van der Waals surface area contributed by atoms with E-state index in [9.17, 15) is 14.7 Å². The van der Waals surface area contributed by atoms with E-state index in [-0.39, 0.29) is 11.4 Å². The molecule has 0 spiro atoms. The largest absolute Gasteiger partial charge is 0.494 e. The molecule has 1 aliphatic rings. The fourth-order valence-electron chi connectivity index (χ4n) is 4.91. The summed E-state index contributed by atoms with van der Waals surface area (Å²) in [6.07, 6.45) is 0.884. The van der Waals surface area contributed by atoms with Gasteiger partial charge < -0.3 is 15.0 Å². The van der Waals surface area contributed by atoms with Gasteiger partial charge in [0.05, 0.1) is 24.5 Å². The molecule has 1 aliphatic heterocycles.